The van der Waals surface area contributed by atoms with E-state index < -0.39 is 0 Å². The Morgan fingerprint density at radius 3 is 2.59 bits per heavy atom. The molecule has 0 bridgehead atoms. The maximum absolute atomic E-state index is 12.8. The minimum Gasteiger partial charge on any atom is -0.356 e. The third kappa shape index (κ3) is 4.33. The van der Waals surface area contributed by atoms with Crippen molar-refractivity contribution in [1.29, 1.82) is 0 Å². The zero-order valence-electron chi connectivity index (χ0n) is 16.4. The van der Waals surface area contributed by atoms with E-state index in [2.05, 4.69) is 28.5 Å². The van der Waals surface area contributed by atoms with Gasteiger partial charge in [0, 0.05) is 25.2 Å². The molecule has 4 rings (SSSR count). The van der Waals surface area contributed by atoms with Crippen LogP contribution in [-0.2, 0) is 6.42 Å². The number of nitrogens with zero attached hydrogens (tertiary/aromatic N) is 2. The summed E-state index contributed by atoms with van der Waals surface area (Å²) in [7, 11) is 0. The van der Waals surface area contributed by atoms with Crippen LogP contribution in [0.15, 0.2) is 11.6 Å². The molecule has 0 radical (unpaired) electrons. The predicted octanol–water partition coefficient (Wildman–Crippen LogP) is 2.19. The predicted molar refractivity (Wildman–Crippen MR) is 109 cm³/mol. The van der Waals surface area contributed by atoms with E-state index in [4.69, 9.17) is 10.7 Å². The van der Waals surface area contributed by atoms with Crippen LogP contribution in [0, 0.1) is 0 Å². The number of hydrogen-bond acceptors (Lipinski definition) is 5. The lowest BCUT2D eigenvalue weighted by atomic mass is 9.95. The van der Waals surface area contributed by atoms with Gasteiger partial charge in [-0.05, 0) is 64.0 Å². The fourth-order valence-corrected chi connectivity index (χ4v) is 4.07. The topological polar surface area (TPSA) is 83.3 Å². The van der Waals surface area contributed by atoms with Gasteiger partial charge in [-0.2, -0.15) is 0 Å². The molecule has 1 amide bonds. The van der Waals surface area contributed by atoms with Crippen LogP contribution in [0.2, 0.25) is 0 Å². The second-order valence-corrected chi connectivity index (χ2v) is 8.35. The molecule has 3 aliphatic rings. The molecule has 1 saturated heterocycles. The molecule has 0 aromatic carbocycles. The van der Waals surface area contributed by atoms with E-state index in [1.807, 2.05) is 6.07 Å². The molecule has 2 fully saturated rings. The number of piperidine rings is 1. The highest BCUT2D eigenvalue weighted by molar-refractivity contribution is 5.99. The molecule has 27 heavy (non-hydrogen) atoms. The van der Waals surface area contributed by atoms with E-state index in [9.17, 15) is 4.79 Å². The van der Waals surface area contributed by atoms with Gasteiger partial charge >= 0.3 is 0 Å². The van der Waals surface area contributed by atoms with Crippen molar-refractivity contribution < 1.29 is 4.79 Å². The van der Waals surface area contributed by atoms with Gasteiger partial charge in [0.1, 0.15) is 5.82 Å². The third-order valence-electron chi connectivity index (χ3n) is 5.72. The first-order chi connectivity index (χ1) is 13.0. The number of pyridine rings is 1. The fraction of sp³-hybridized carbons (Fsp3) is 0.619. The zero-order valence-corrected chi connectivity index (χ0v) is 16.4. The van der Waals surface area contributed by atoms with E-state index in [1.54, 1.807) is 6.92 Å². The molecule has 1 saturated carbocycles. The number of amides is 1. The summed E-state index contributed by atoms with van der Waals surface area (Å²) < 4.78 is 0. The highest BCUT2D eigenvalue weighted by Crippen LogP contribution is 2.30. The summed E-state index contributed by atoms with van der Waals surface area (Å²) in [6.07, 6.45) is 8.60. The van der Waals surface area contributed by atoms with E-state index >= 15 is 0 Å². The van der Waals surface area contributed by atoms with Crippen LogP contribution in [0.25, 0.3) is 6.08 Å². The van der Waals surface area contributed by atoms with Gasteiger partial charge in [-0.15, -0.1) is 0 Å². The molecule has 6 heteroatoms. The fourth-order valence-electron chi connectivity index (χ4n) is 4.07. The van der Waals surface area contributed by atoms with Crippen molar-refractivity contribution in [3.63, 3.8) is 0 Å². The number of carbonyl (C=O) groups is 1. The number of fused-ring (bicyclic) bond motifs is 1. The monoisotopic (exact) mass is 369 g/mol. The van der Waals surface area contributed by atoms with Crippen LogP contribution in [0.1, 0.15) is 67.6 Å². The highest BCUT2D eigenvalue weighted by atomic mass is 16.1. The molecule has 2 aliphatic carbocycles. The second kappa shape index (κ2) is 7.60. The van der Waals surface area contributed by atoms with Gasteiger partial charge in [-0.3, -0.25) is 4.79 Å². The molecule has 6 nitrogen and oxygen atoms in total. The summed E-state index contributed by atoms with van der Waals surface area (Å²) in [4.78, 5) is 20.1. The number of anilines is 1. The van der Waals surface area contributed by atoms with Crippen LogP contribution < -0.4 is 21.3 Å². The van der Waals surface area contributed by atoms with Crippen LogP contribution >= 0.6 is 0 Å². The Labute approximate surface area is 161 Å². The lowest BCUT2D eigenvalue weighted by molar-refractivity contribution is 0.0941. The van der Waals surface area contributed by atoms with E-state index in [0.717, 1.165) is 61.9 Å². The SMILES string of the molecule is CC1=Cc2cc(C(=O)NC(C)N)c(N3CCC(NC4CC4)CC3)nc2CC1. The molecule has 1 atom stereocenters. The molecule has 1 aliphatic heterocycles. The van der Waals surface area contributed by atoms with Crippen LogP contribution in [0.4, 0.5) is 5.82 Å². The van der Waals surface area contributed by atoms with Gasteiger partial charge in [0.25, 0.3) is 5.91 Å². The van der Waals surface area contributed by atoms with Crippen molar-refractivity contribution in [2.24, 2.45) is 5.73 Å². The summed E-state index contributed by atoms with van der Waals surface area (Å²) in [5.74, 6) is 0.690. The van der Waals surface area contributed by atoms with Crippen LogP contribution in [0.5, 0.6) is 0 Å². The van der Waals surface area contributed by atoms with Gasteiger partial charge in [0.15, 0.2) is 0 Å². The van der Waals surface area contributed by atoms with Gasteiger partial charge in [0.2, 0.25) is 0 Å². The number of allylic oxidation sites excluding steroid dienone is 1. The number of nitrogens with two attached hydrogens (primary N) is 1. The minimum atomic E-state index is -0.382. The number of carbonyl (C=O) groups excluding carboxylic acids is 1. The van der Waals surface area contributed by atoms with Gasteiger partial charge < -0.3 is 21.3 Å². The first kappa shape index (κ1) is 18.4. The normalized spacial score (nSPS) is 21.4. The summed E-state index contributed by atoms with van der Waals surface area (Å²) in [5, 5.41) is 6.57. The average molecular weight is 370 g/mol. The van der Waals surface area contributed by atoms with Crippen molar-refractivity contribution in [3.05, 3.63) is 28.5 Å². The van der Waals surface area contributed by atoms with Gasteiger partial charge in [-0.1, -0.05) is 11.6 Å². The number of hydrogen-bond donors (Lipinski definition) is 3. The molecule has 146 valence electrons. The largest absolute Gasteiger partial charge is 0.356 e. The van der Waals surface area contributed by atoms with Crippen molar-refractivity contribution in [1.82, 2.24) is 15.6 Å². The summed E-state index contributed by atoms with van der Waals surface area (Å²) in [5.41, 5.74) is 9.96. The maximum atomic E-state index is 12.8. The highest BCUT2D eigenvalue weighted by Gasteiger charge is 2.29. The molecular weight excluding hydrogens is 338 g/mol. The lowest BCUT2D eigenvalue weighted by Crippen LogP contribution is -2.45. The Bertz CT molecular complexity index is 745. The quantitative estimate of drug-likeness (QED) is 0.693. The molecule has 1 unspecified atom stereocenters. The first-order valence-corrected chi connectivity index (χ1v) is 10.3. The van der Waals surface area contributed by atoms with Gasteiger partial charge in [-0.25, -0.2) is 4.98 Å². The molecule has 1 aromatic heterocycles. The first-order valence-electron chi connectivity index (χ1n) is 10.3. The van der Waals surface area contributed by atoms with E-state index in [1.165, 1.54) is 18.4 Å². The Morgan fingerprint density at radius 1 is 1.22 bits per heavy atom. The third-order valence-corrected chi connectivity index (χ3v) is 5.72. The van der Waals surface area contributed by atoms with Crippen molar-refractivity contribution >= 4 is 17.8 Å². The number of nitrogens with one attached hydrogen (secondary N) is 2. The number of aryl methyl sites for hydroxylation is 1. The molecule has 4 N–H and O–H groups in total. The van der Waals surface area contributed by atoms with Crippen molar-refractivity contribution in [2.45, 2.75) is 70.6 Å². The van der Waals surface area contributed by atoms with Crippen molar-refractivity contribution in [2.75, 3.05) is 18.0 Å². The summed E-state index contributed by atoms with van der Waals surface area (Å²) in [6, 6.07) is 3.34. The van der Waals surface area contributed by atoms with Crippen LogP contribution in [0.3, 0.4) is 0 Å². The Hall–Kier alpha value is -1.92. The van der Waals surface area contributed by atoms with E-state index in [0.29, 0.717) is 11.6 Å². The average Bonchev–Trinajstić information content (AvgIpc) is 3.44. The Balaban J connectivity index is 1.59. The zero-order chi connectivity index (χ0) is 19.0. The summed E-state index contributed by atoms with van der Waals surface area (Å²) in [6.45, 7) is 5.78. The number of aromatic nitrogens is 1. The maximum Gasteiger partial charge on any atom is 0.256 e. The summed E-state index contributed by atoms with van der Waals surface area (Å²) >= 11 is 0. The van der Waals surface area contributed by atoms with Gasteiger partial charge in [0.05, 0.1) is 17.4 Å². The molecule has 2 heterocycles. The lowest BCUT2D eigenvalue weighted by Gasteiger charge is -2.35. The van der Waals surface area contributed by atoms with E-state index in [-0.39, 0.29) is 12.1 Å². The minimum absolute atomic E-state index is 0.134. The Kier molecular flexibility index (Phi) is 5.19. The second-order valence-electron chi connectivity index (χ2n) is 8.35. The Morgan fingerprint density at radius 2 is 1.93 bits per heavy atom. The van der Waals surface area contributed by atoms with Crippen LogP contribution in [-0.4, -0.2) is 42.2 Å². The standard InChI is InChI=1S/C21H31N5O/c1-13-3-6-19-15(11-13)12-18(21(27)23-14(2)22)20(25-19)26-9-7-17(8-10-26)24-16-4-5-16/h11-12,14,16-17,24H,3-10,22H2,1-2H3,(H,23,27). The van der Waals surface area contributed by atoms with Crippen molar-refractivity contribution in [3.8, 4) is 0 Å². The molecular formula is C21H31N5O. The smallest absolute Gasteiger partial charge is 0.256 e. The molecule has 0 spiro atoms. The number of rotatable bonds is 5. The molecule has 1 aromatic rings.